The molecule has 1 aliphatic rings. The summed E-state index contributed by atoms with van der Waals surface area (Å²) in [6.45, 7) is 7.82. The van der Waals surface area contributed by atoms with E-state index in [0.717, 1.165) is 10.7 Å². The molecular weight excluding hydrogens is 703 g/mol. The highest BCUT2D eigenvalue weighted by atomic mass is 127. The third-order valence-electron chi connectivity index (χ3n) is 4.75. The molecule has 0 spiro atoms. The number of piperidine rings is 1. The van der Waals surface area contributed by atoms with E-state index in [0.29, 0.717) is 18.4 Å². The maximum Gasteiger partial charge on any atom is 0.339 e. The van der Waals surface area contributed by atoms with Crippen LogP contribution in [0.2, 0.25) is 0 Å². The number of hydrogen-bond donors (Lipinski definition) is 2. The van der Waals surface area contributed by atoms with Crippen LogP contribution in [0.5, 0.6) is 0 Å². The van der Waals surface area contributed by atoms with E-state index in [1.54, 1.807) is 6.07 Å². The third-order valence-corrected chi connectivity index (χ3v) is 8.41. The van der Waals surface area contributed by atoms with Crippen LogP contribution < -0.4 is 0 Å². The number of halogens is 3. The summed E-state index contributed by atoms with van der Waals surface area (Å²) in [4.78, 5) is 12.4. The smallest absolute Gasteiger partial charge is 0.339 e. The van der Waals surface area contributed by atoms with Gasteiger partial charge in [0, 0.05) is 21.8 Å². The molecule has 0 bridgehead atoms. The predicted molar refractivity (Wildman–Crippen MR) is 132 cm³/mol. The van der Waals surface area contributed by atoms with Crippen molar-refractivity contribution in [3.8, 4) is 0 Å². The molecule has 0 radical (unpaired) electrons. The van der Waals surface area contributed by atoms with Crippen LogP contribution >= 0.6 is 67.8 Å². The van der Waals surface area contributed by atoms with Gasteiger partial charge in [-0.25, -0.2) is 4.79 Å². The fourth-order valence-electron chi connectivity index (χ4n) is 3.55. The number of nitrogens with zero attached hydrogens (tertiary/aromatic N) is 1. The van der Waals surface area contributed by atoms with Gasteiger partial charge in [-0.2, -0.15) is 5.06 Å². The minimum Gasteiger partial charge on any atom is -0.459 e. The average Bonchev–Trinajstić information content (AvgIpc) is 2.58. The zero-order valence-corrected chi connectivity index (χ0v) is 22.8. The van der Waals surface area contributed by atoms with Crippen molar-refractivity contribution in [2.75, 3.05) is 13.2 Å². The van der Waals surface area contributed by atoms with Gasteiger partial charge < -0.3 is 19.8 Å². The van der Waals surface area contributed by atoms with Crippen molar-refractivity contribution in [2.45, 2.75) is 63.8 Å². The molecule has 2 N–H and O–H groups in total. The largest absolute Gasteiger partial charge is 0.459 e. The normalized spacial score (nSPS) is 20.8. The van der Waals surface area contributed by atoms with Crippen LogP contribution in [0.4, 0.5) is 0 Å². The highest BCUT2D eigenvalue weighted by Crippen LogP contribution is 2.37. The number of hydroxylamine groups is 2. The van der Waals surface area contributed by atoms with E-state index in [1.165, 1.54) is 5.06 Å². The topological polar surface area (TPSA) is 79.2 Å². The minimum absolute atomic E-state index is 0.0798. The van der Waals surface area contributed by atoms with E-state index in [4.69, 9.17) is 9.47 Å². The maximum absolute atomic E-state index is 12.4. The number of carbonyl (C=O) groups excluding carboxylic acids is 1. The van der Waals surface area contributed by atoms with Crippen LogP contribution in [0, 0.1) is 10.7 Å². The molecule has 1 aliphatic heterocycles. The summed E-state index contributed by atoms with van der Waals surface area (Å²) in [5.74, 6) is -0.448. The van der Waals surface area contributed by atoms with Crippen LogP contribution in [0.1, 0.15) is 50.9 Å². The quantitative estimate of drug-likeness (QED) is 0.256. The number of esters is 1. The van der Waals surface area contributed by atoms with Crippen LogP contribution in [-0.4, -0.2) is 57.8 Å². The van der Waals surface area contributed by atoms with Crippen molar-refractivity contribution in [2.24, 2.45) is 0 Å². The molecule has 0 saturated carbocycles. The molecule has 0 aliphatic carbocycles. The van der Waals surface area contributed by atoms with Crippen molar-refractivity contribution in [1.29, 1.82) is 0 Å². The van der Waals surface area contributed by atoms with Crippen LogP contribution in [0.15, 0.2) is 12.1 Å². The molecule has 158 valence electrons. The standard InChI is InChI=1S/C19H26I3NO5/c1-18(2)7-13(8-19(3,4)23(18)26)27-9-12(24)10-28-17(25)14-5-11(20)6-15(21)16(14)22/h5-6,12-13,24,26H,7-10H2,1-4H3. The summed E-state index contributed by atoms with van der Waals surface area (Å²) in [7, 11) is 0. The lowest BCUT2D eigenvalue weighted by Crippen LogP contribution is -2.60. The molecule has 6 nitrogen and oxygen atoms in total. The molecule has 1 unspecified atom stereocenters. The first kappa shape index (κ1) is 25.0. The lowest BCUT2D eigenvalue weighted by atomic mass is 9.80. The van der Waals surface area contributed by atoms with E-state index in [2.05, 4.69) is 67.8 Å². The van der Waals surface area contributed by atoms with E-state index >= 15 is 0 Å². The van der Waals surface area contributed by atoms with E-state index in [1.807, 2.05) is 33.8 Å². The Morgan fingerprint density at radius 2 is 1.75 bits per heavy atom. The van der Waals surface area contributed by atoms with Crippen LogP contribution in [0.3, 0.4) is 0 Å². The van der Waals surface area contributed by atoms with Gasteiger partial charge in [0.05, 0.1) is 18.3 Å². The van der Waals surface area contributed by atoms with Gasteiger partial charge >= 0.3 is 5.97 Å². The van der Waals surface area contributed by atoms with Gasteiger partial charge in [-0.3, -0.25) is 0 Å². The van der Waals surface area contributed by atoms with E-state index < -0.39 is 23.2 Å². The van der Waals surface area contributed by atoms with Crippen molar-refractivity contribution >= 4 is 73.7 Å². The summed E-state index contributed by atoms with van der Waals surface area (Å²) in [5.41, 5.74) is -0.326. The number of benzene rings is 1. The Kier molecular flexibility index (Phi) is 8.83. The molecule has 28 heavy (non-hydrogen) atoms. The first-order chi connectivity index (χ1) is 12.8. The molecule has 1 heterocycles. The number of aliphatic hydroxyl groups excluding tert-OH is 1. The molecule has 1 aromatic carbocycles. The highest BCUT2D eigenvalue weighted by molar-refractivity contribution is 14.1. The second kappa shape index (κ2) is 9.90. The number of rotatable bonds is 6. The van der Waals surface area contributed by atoms with Gasteiger partial charge in [-0.05, 0) is 120 Å². The third kappa shape index (κ3) is 6.36. The second-order valence-corrected chi connectivity index (χ2v) is 11.8. The molecule has 1 fully saturated rings. The summed E-state index contributed by atoms with van der Waals surface area (Å²) >= 11 is 6.47. The van der Waals surface area contributed by atoms with E-state index in [-0.39, 0.29) is 19.3 Å². The SMILES string of the molecule is CC1(C)CC(OCC(O)COC(=O)c2cc(I)cc(I)c2I)CC(C)(C)N1O. The second-order valence-electron chi connectivity index (χ2n) is 8.30. The summed E-state index contributed by atoms with van der Waals surface area (Å²) in [6, 6.07) is 3.77. The van der Waals surface area contributed by atoms with Crippen molar-refractivity contribution in [3.05, 3.63) is 28.4 Å². The summed E-state index contributed by atoms with van der Waals surface area (Å²) in [6.07, 6.45) is 0.315. The van der Waals surface area contributed by atoms with E-state index in [9.17, 15) is 15.1 Å². The fourth-order valence-corrected chi connectivity index (χ4v) is 5.92. The molecule has 1 atom stereocenters. The maximum atomic E-state index is 12.4. The van der Waals surface area contributed by atoms with Gasteiger partial charge in [0.1, 0.15) is 12.7 Å². The number of hydrogen-bond acceptors (Lipinski definition) is 6. The molecule has 9 heteroatoms. The average molecular weight is 729 g/mol. The highest BCUT2D eigenvalue weighted by Gasteiger charge is 2.45. The first-order valence-corrected chi connectivity index (χ1v) is 12.2. The Labute approximate surface area is 207 Å². The van der Waals surface area contributed by atoms with Crippen LogP contribution in [0.25, 0.3) is 0 Å². The molecule has 1 saturated heterocycles. The zero-order chi connectivity index (χ0) is 21.3. The number of carbonyl (C=O) groups is 1. The van der Waals surface area contributed by atoms with Crippen molar-refractivity contribution in [1.82, 2.24) is 5.06 Å². The molecule has 1 aromatic rings. The Balaban J connectivity index is 1.86. The van der Waals surface area contributed by atoms with Gasteiger partial charge in [-0.1, -0.05) is 0 Å². The zero-order valence-electron chi connectivity index (χ0n) is 16.3. The Morgan fingerprint density at radius 3 is 2.32 bits per heavy atom. The fraction of sp³-hybridized carbons (Fsp3) is 0.632. The van der Waals surface area contributed by atoms with Crippen molar-refractivity contribution in [3.63, 3.8) is 0 Å². The lowest BCUT2D eigenvalue weighted by Gasteiger charge is -2.51. The summed E-state index contributed by atoms with van der Waals surface area (Å²) in [5, 5.41) is 21.9. The Morgan fingerprint density at radius 1 is 1.18 bits per heavy atom. The molecule has 2 rings (SSSR count). The van der Waals surface area contributed by atoms with Gasteiger partial charge in [0.2, 0.25) is 0 Å². The van der Waals surface area contributed by atoms with Gasteiger partial charge in [-0.15, -0.1) is 0 Å². The number of aliphatic hydroxyl groups is 1. The van der Waals surface area contributed by atoms with Gasteiger partial charge in [0.15, 0.2) is 0 Å². The Hall–Kier alpha value is 0.720. The monoisotopic (exact) mass is 729 g/mol. The Bertz CT molecular complexity index is 708. The lowest BCUT2D eigenvalue weighted by molar-refractivity contribution is -0.262. The first-order valence-electron chi connectivity index (χ1n) is 8.94. The molecule has 0 amide bonds. The molecule has 0 aromatic heterocycles. The van der Waals surface area contributed by atoms with Crippen molar-refractivity contribution < 1.29 is 24.6 Å². The van der Waals surface area contributed by atoms with Gasteiger partial charge in [0.25, 0.3) is 0 Å². The summed E-state index contributed by atoms with van der Waals surface area (Å²) < 4.78 is 14.0. The number of ether oxygens (including phenoxy) is 2. The predicted octanol–water partition coefficient (Wildman–Crippen LogP) is 4.45. The molecular formula is C19H26I3NO5. The van der Waals surface area contributed by atoms with Crippen LogP contribution in [-0.2, 0) is 9.47 Å². The minimum atomic E-state index is -0.901.